The predicted octanol–water partition coefficient (Wildman–Crippen LogP) is 1.76. The number of anilines is 1. The van der Waals surface area contributed by atoms with Crippen molar-refractivity contribution in [3.05, 3.63) is 35.0 Å². The van der Waals surface area contributed by atoms with E-state index in [-0.39, 0.29) is 4.84 Å². The van der Waals surface area contributed by atoms with Crippen molar-refractivity contribution in [3.63, 3.8) is 0 Å². The molecule has 0 bridgehead atoms. The van der Waals surface area contributed by atoms with Crippen LogP contribution in [0.3, 0.4) is 0 Å². The van der Waals surface area contributed by atoms with Gasteiger partial charge in [-0.15, -0.1) is 5.10 Å². The minimum absolute atomic E-state index is 0.211. The Kier molecular flexibility index (Phi) is 4.53. The van der Waals surface area contributed by atoms with E-state index >= 15 is 0 Å². The summed E-state index contributed by atoms with van der Waals surface area (Å²) in [6.07, 6.45) is -0.322. The number of rotatable bonds is 6. The fourth-order valence-electron chi connectivity index (χ4n) is 1.59. The van der Waals surface area contributed by atoms with Crippen LogP contribution in [0.5, 0.6) is 5.75 Å². The van der Waals surface area contributed by atoms with Crippen LogP contribution in [0.25, 0.3) is 0 Å². The molecule has 0 amide bonds. The summed E-state index contributed by atoms with van der Waals surface area (Å²) in [5, 5.41) is 19.3. The summed E-state index contributed by atoms with van der Waals surface area (Å²) in [5.41, 5.74) is 0.876. The van der Waals surface area contributed by atoms with E-state index in [9.17, 15) is 5.11 Å². The maximum absolute atomic E-state index is 9.86. The number of aliphatic hydroxyl groups excluding tert-OH is 1. The maximum Gasteiger partial charge on any atom is 0.284 e. The average Bonchev–Trinajstić information content (AvgIpc) is 2.82. The highest BCUT2D eigenvalue weighted by Gasteiger charge is 2.09. The Morgan fingerprint density at radius 2 is 2.42 bits per heavy atom. The third kappa shape index (κ3) is 4.08. The fourth-order valence-corrected chi connectivity index (χ4v) is 1.73. The third-order valence-corrected chi connectivity index (χ3v) is 2.68. The van der Waals surface area contributed by atoms with Gasteiger partial charge in [-0.3, -0.25) is 0 Å². The van der Waals surface area contributed by atoms with Crippen LogP contribution in [-0.4, -0.2) is 35.1 Å². The molecule has 2 rings (SSSR count). The minimum Gasteiger partial charge on any atom is -0.497 e. The first kappa shape index (κ1) is 13.6. The zero-order valence-corrected chi connectivity index (χ0v) is 11.2. The third-order valence-electron chi connectivity index (χ3n) is 2.50. The van der Waals surface area contributed by atoms with Crippen LogP contribution < -0.4 is 10.1 Å². The van der Waals surface area contributed by atoms with Crippen LogP contribution in [0.2, 0.25) is 0 Å². The summed E-state index contributed by atoms with van der Waals surface area (Å²) in [6.45, 7) is 0.377. The smallest absolute Gasteiger partial charge is 0.284 e. The molecule has 7 heteroatoms. The second kappa shape index (κ2) is 6.35. The number of nitrogens with one attached hydrogen (secondary N) is 2. The van der Waals surface area contributed by atoms with Crippen molar-refractivity contribution in [2.24, 2.45) is 0 Å². The molecule has 1 heterocycles. The van der Waals surface area contributed by atoms with Crippen LogP contribution in [0.1, 0.15) is 5.89 Å². The quantitative estimate of drug-likeness (QED) is 0.700. The summed E-state index contributed by atoms with van der Waals surface area (Å²) in [6, 6.07) is 7.48. The molecular weight excluding hydrogens is 266 g/mol. The first-order valence-corrected chi connectivity index (χ1v) is 6.18. The number of aromatic nitrogens is 2. The minimum atomic E-state index is -0.618. The fraction of sp³-hybridized carbons (Fsp3) is 0.333. The molecule has 0 saturated heterocycles. The molecule has 102 valence electrons. The predicted molar refractivity (Wildman–Crippen MR) is 72.9 cm³/mol. The number of aliphatic hydroxyl groups is 1. The van der Waals surface area contributed by atoms with Crippen molar-refractivity contribution in [1.29, 1.82) is 0 Å². The molecule has 6 nitrogen and oxygen atoms in total. The highest BCUT2D eigenvalue weighted by molar-refractivity contribution is 7.71. The van der Waals surface area contributed by atoms with Crippen LogP contribution in [0, 0.1) is 4.84 Å². The van der Waals surface area contributed by atoms with Gasteiger partial charge in [0.05, 0.1) is 19.6 Å². The van der Waals surface area contributed by atoms with E-state index in [1.807, 2.05) is 24.3 Å². The number of ether oxygens (including phenoxy) is 1. The van der Waals surface area contributed by atoms with E-state index in [1.54, 1.807) is 7.11 Å². The van der Waals surface area contributed by atoms with Crippen LogP contribution in [-0.2, 0) is 6.42 Å². The van der Waals surface area contributed by atoms with E-state index < -0.39 is 6.10 Å². The monoisotopic (exact) mass is 281 g/mol. The summed E-state index contributed by atoms with van der Waals surface area (Å²) >= 11 is 4.76. The molecule has 19 heavy (non-hydrogen) atoms. The van der Waals surface area contributed by atoms with Gasteiger partial charge in [0.15, 0.2) is 0 Å². The van der Waals surface area contributed by atoms with E-state index in [0.29, 0.717) is 18.9 Å². The van der Waals surface area contributed by atoms with E-state index in [0.717, 1.165) is 11.4 Å². The summed E-state index contributed by atoms with van der Waals surface area (Å²) in [5.74, 6) is 1.16. The molecular formula is C12H15N3O3S. The molecule has 0 radical (unpaired) electrons. The number of aromatic amines is 1. The Balaban J connectivity index is 1.85. The van der Waals surface area contributed by atoms with Crippen LogP contribution >= 0.6 is 12.2 Å². The van der Waals surface area contributed by atoms with Crippen LogP contribution in [0.4, 0.5) is 5.69 Å². The van der Waals surface area contributed by atoms with Gasteiger partial charge in [-0.25, -0.2) is 5.10 Å². The first-order valence-electron chi connectivity index (χ1n) is 5.78. The average molecular weight is 281 g/mol. The number of benzene rings is 1. The molecule has 0 spiro atoms. The lowest BCUT2D eigenvalue weighted by atomic mass is 10.2. The van der Waals surface area contributed by atoms with E-state index in [4.69, 9.17) is 21.4 Å². The lowest BCUT2D eigenvalue weighted by Gasteiger charge is -2.11. The van der Waals surface area contributed by atoms with E-state index in [2.05, 4.69) is 15.5 Å². The molecule has 0 aliphatic carbocycles. The van der Waals surface area contributed by atoms with Crippen molar-refractivity contribution in [3.8, 4) is 5.75 Å². The van der Waals surface area contributed by atoms with Gasteiger partial charge < -0.3 is 19.6 Å². The molecule has 1 atom stereocenters. The van der Waals surface area contributed by atoms with Gasteiger partial charge in [-0.1, -0.05) is 6.07 Å². The Morgan fingerprint density at radius 3 is 3.11 bits per heavy atom. The van der Waals surface area contributed by atoms with Crippen molar-refractivity contribution < 1.29 is 14.3 Å². The highest BCUT2D eigenvalue weighted by Crippen LogP contribution is 2.16. The van der Waals surface area contributed by atoms with Gasteiger partial charge in [0, 0.05) is 18.3 Å². The highest BCUT2D eigenvalue weighted by atomic mass is 32.1. The Bertz CT molecular complexity index is 581. The first-order chi connectivity index (χ1) is 9.17. The van der Waals surface area contributed by atoms with Crippen molar-refractivity contribution in [2.45, 2.75) is 12.5 Å². The summed E-state index contributed by atoms with van der Waals surface area (Å²) < 4.78 is 10.2. The normalized spacial score (nSPS) is 12.1. The molecule has 1 aromatic heterocycles. The molecule has 2 aromatic rings. The second-order valence-electron chi connectivity index (χ2n) is 3.98. The lowest BCUT2D eigenvalue weighted by molar-refractivity contribution is 0.178. The Labute approximate surface area is 115 Å². The Hall–Kier alpha value is -1.86. The number of H-pyrrole nitrogens is 1. The number of nitrogens with zero attached hydrogens (tertiary/aromatic N) is 1. The number of hydrogen-bond donors (Lipinski definition) is 3. The molecule has 0 saturated carbocycles. The van der Waals surface area contributed by atoms with Crippen molar-refractivity contribution in [2.75, 3.05) is 19.0 Å². The zero-order chi connectivity index (χ0) is 13.7. The molecule has 1 aromatic carbocycles. The molecule has 0 aliphatic rings. The van der Waals surface area contributed by atoms with Crippen molar-refractivity contribution >= 4 is 17.9 Å². The molecule has 3 N–H and O–H groups in total. The largest absolute Gasteiger partial charge is 0.497 e. The van der Waals surface area contributed by atoms with E-state index in [1.165, 1.54) is 0 Å². The number of methoxy groups -OCH3 is 1. The molecule has 0 aliphatic heterocycles. The van der Waals surface area contributed by atoms with Crippen LogP contribution in [0.15, 0.2) is 28.7 Å². The van der Waals surface area contributed by atoms with Gasteiger partial charge in [0.1, 0.15) is 5.75 Å². The van der Waals surface area contributed by atoms with Gasteiger partial charge in [-0.05, 0) is 24.4 Å². The Morgan fingerprint density at radius 1 is 1.58 bits per heavy atom. The number of hydrogen-bond acceptors (Lipinski definition) is 6. The summed E-state index contributed by atoms with van der Waals surface area (Å²) in [7, 11) is 1.61. The molecule has 0 fully saturated rings. The topological polar surface area (TPSA) is 83.3 Å². The lowest BCUT2D eigenvalue weighted by Crippen LogP contribution is -2.22. The summed E-state index contributed by atoms with van der Waals surface area (Å²) in [4.78, 5) is 0.211. The van der Waals surface area contributed by atoms with Gasteiger partial charge >= 0.3 is 0 Å². The van der Waals surface area contributed by atoms with Gasteiger partial charge in [0.2, 0.25) is 5.89 Å². The standard InChI is InChI=1S/C12H15N3O3S/c1-17-10-4-2-3-8(5-10)13-7-9(16)6-11-14-15-12(19)18-11/h2-5,9,13,16H,6-7H2,1H3,(H,15,19). The van der Waals surface area contributed by atoms with Gasteiger partial charge in [-0.2, -0.15) is 0 Å². The van der Waals surface area contributed by atoms with Crippen molar-refractivity contribution in [1.82, 2.24) is 10.2 Å². The second-order valence-corrected chi connectivity index (χ2v) is 4.35. The SMILES string of the molecule is COc1cccc(NCC(O)Cc2n[nH]c(=S)o2)c1. The maximum atomic E-state index is 9.86. The van der Waals surface area contributed by atoms with Gasteiger partial charge in [0.25, 0.3) is 4.84 Å². The molecule has 1 unspecified atom stereocenters. The zero-order valence-electron chi connectivity index (χ0n) is 10.4.